The van der Waals surface area contributed by atoms with Gasteiger partial charge in [-0.2, -0.15) is 5.26 Å². The van der Waals surface area contributed by atoms with Gasteiger partial charge >= 0.3 is 0 Å². The minimum absolute atomic E-state index is 0.101. The molecule has 0 saturated carbocycles. The first kappa shape index (κ1) is 21.8. The lowest BCUT2D eigenvalue weighted by Crippen LogP contribution is -2.30. The van der Waals surface area contributed by atoms with Crippen LogP contribution in [0.15, 0.2) is 115 Å². The lowest BCUT2D eigenvalue weighted by Gasteiger charge is -2.42. The predicted octanol–water partition coefficient (Wildman–Crippen LogP) is 8.40. The largest absolute Gasteiger partial charge is 0.309 e. The van der Waals surface area contributed by atoms with Gasteiger partial charge in [0, 0.05) is 16.5 Å². The second-order valence-electron chi connectivity index (χ2n) is 9.61. The second kappa shape index (κ2) is 8.52. The molecule has 172 valence electrons. The normalized spacial score (nSPS) is 13.4. The van der Waals surface area contributed by atoms with Crippen LogP contribution in [-0.4, -0.2) is 4.98 Å². The molecule has 0 N–H and O–H groups in total. The fourth-order valence-corrected chi connectivity index (χ4v) is 5.35. The number of benzene rings is 4. The van der Waals surface area contributed by atoms with Gasteiger partial charge in [-0.05, 0) is 53.1 Å². The zero-order valence-electron chi connectivity index (χ0n) is 20.3. The zero-order chi connectivity index (χ0) is 24.7. The van der Waals surface area contributed by atoms with Crippen LogP contribution in [0.3, 0.4) is 0 Å². The van der Waals surface area contributed by atoms with Crippen LogP contribution in [0, 0.1) is 11.3 Å². The molecule has 36 heavy (non-hydrogen) atoms. The lowest BCUT2D eigenvalue weighted by atomic mass is 9.73. The third kappa shape index (κ3) is 3.47. The molecule has 0 radical (unpaired) electrons. The minimum atomic E-state index is -0.101. The molecule has 0 amide bonds. The standard InChI is InChI=1S/C33H25N3/c1-33(2)27-15-4-7-19-31(27)36(32-20-8-5-16-28(32)33)30-18-6-3-14-26(30)23-11-9-12-24(21-23)29-17-10-13-25(22-34)35-29/h3-21H,1-2H3. The van der Waals surface area contributed by atoms with E-state index in [-0.39, 0.29) is 5.41 Å². The van der Waals surface area contributed by atoms with Gasteiger partial charge in [-0.1, -0.05) is 92.7 Å². The quantitative estimate of drug-likeness (QED) is 0.270. The summed E-state index contributed by atoms with van der Waals surface area (Å²) in [6.07, 6.45) is 0. The Morgan fingerprint density at radius 2 is 1.22 bits per heavy atom. The van der Waals surface area contributed by atoms with Gasteiger partial charge in [0.1, 0.15) is 11.8 Å². The summed E-state index contributed by atoms with van der Waals surface area (Å²) in [4.78, 5) is 6.91. The van der Waals surface area contributed by atoms with Crippen molar-refractivity contribution in [1.82, 2.24) is 4.98 Å². The van der Waals surface area contributed by atoms with E-state index >= 15 is 0 Å². The van der Waals surface area contributed by atoms with Gasteiger partial charge in [-0.3, -0.25) is 0 Å². The molecule has 6 rings (SSSR count). The van der Waals surface area contributed by atoms with Gasteiger partial charge in [0.25, 0.3) is 0 Å². The predicted molar refractivity (Wildman–Crippen MR) is 147 cm³/mol. The van der Waals surface area contributed by atoms with Crippen LogP contribution in [0.5, 0.6) is 0 Å². The summed E-state index contributed by atoms with van der Waals surface area (Å²) in [7, 11) is 0. The topological polar surface area (TPSA) is 39.9 Å². The van der Waals surface area contributed by atoms with Gasteiger partial charge in [0.15, 0.2) is 0 Å². The Hall–Kier alpha value is -4.68. The Morgan fingerprint density at radius 3 is 1.92 bits per heavy atom. The molecule has 0 unspecified atom stereocenters. The van der Waals surface area contributed by atoms with E-state index in [1.165, 1.54) is 22.5 Å². The van der Waals surface area contributed by atoms with Crippen molar-refractivity contribution < 1.29 is 0 Å². The molecule has 0 atom stereocenters. The van der Waals surface area contributed by atoms with Crippen molar-refractivity contribution in [2.75, 3.05) is 4.90 Å². The van der Waals surface area contributed by atoms with E-state index in [1.54, 1.807) is 6.07 Å². The number of anilines is 3. The van der Waals surface area contributed by atoms with E-state index in [2.05, 4.69) is 121 Å². The Morgan fingerprint density at radius 1 is 0.639 bits per heavy atom. The monoisotopic (exact) mass is 463 g/mol. The van der Waals surface area contributed by atoms with Crippen LogP contribution in [0.2, 0.25) is 0 Å². The first-order valence-electron chi connectivity index (χ1n) is 12.1. The van der Waals surface area contributed by atoms with Crippen LogP contribution < -0.4 is 4.90 Å². The van der Waals surface area contributed by atoms with Crippen LogP contribution in [0.4, 0.5) is 17.1 Å². The van der Waals surface area contributed by atoms with Gasteiger partial charge in [0.2, 0.25) is 0 Å². The fraction of sp³-hybridized carbons (Fsp3) is 0.0909. The number of rotatable bonds is 3. The molecule has 0 fully saturated rings. The molecule has 1 aliphatic rings. The molecule has 0 saturated heterocycles. The zero-order valence-corrected chi connectivity index (χ0v) is 20.3. The molecule has 3 heteroatoms. The molecule has 3 nitrogen and oxygen atoms in total. The van der Waals surface area contributed by atoms with Gasteiger partial charge in [-0.25, -0.2) is 4.98 Å². The van der Waals surface area contributed by atoms with E-state index in [1.807, 2.05) is 18.2 Å². The highest BCUT2D eigenvalue weighted by molar-refractivity contribution is 5.93. The van der Waals surface area contributed by atoms with Crippen LogP contribution in [-0.2, 0) is 5.41 Å². The maximum Gasteiger partial charge on any atom is 0.141 e. The van der Waals surface area contributed by atoms with Gasteiger partial charge in [-0.15, -0.1) is 0 Å². The summed E-state index contributed by atoms with van der Waals surface area (Å²) < 4.78 is 0. The van der Waals surface area contributed by atoms with Crippen LogP contribution in [0.1, 0.15) is 30.7 Å². The Balaban J connectivity index is 1.55. The average Bonchev–Trinajstić information content (AvgIpc) is 2.94. The van der Waals surface area contributed by atoms with Crippen LogP contribution in [0.25, 0.3) is 22.4 Å². The molecule has 1 aromatic heterocycles. The van der Waals surface area contributed by atoms with Crippen molar-refractivity contribution in [3.63, 3.8) is 0 Å². The molecule has 5 aromatic rings. The van der Waals surface area contributed by atoms with Crippen LogP contribution >= 0.6 is 0 Å². The van der Waals surface area contributed by atoms with Crippen molar-refractivity contribution in [3.8, 4) is 28.5 Å². The number of hydrogen-bond donors (Lipinski definition) is 0. The number of para-hydroxylation sites is 3. The van der Waals surface area contributed by atoms with Crippen molar-refractivity contribution in [1.29, 1.82) is 5.26 Å². The van der Waals surface area contributed by atoms with Crippen molar-refractivity contribution in [3.05, 3.63) is 132 Å². The Bertz CT molecular complexity index is 1590. The summed E-state index contributed by atoms with van der Waals surface area (Å²) in [5.74, 6) is 0. The minimum Gasteiger partial charge on any atom is -0.309 e. The number of aromatic nitrogens is 1. The molecule has 2 heterocycles. The first-order chi connectivity index (χ1) is 17.6. The summed E-state index contributed by atoms with van der Waals surface area (Å²) in [6.45, 7) is 4.61. The summed E-state index contributed by atoms with van der Waals surface area (Å²) in [5, 5.41) is 9.30. The lowest BCUT2D eigenvalue weighted by molar-refractivity contribution is 0.632. The van der Waals surface area contributed by atoms with Crippen molar-refractivity contribution in [2.24, 2.45) is 0 Å². The highest BCUT2D eigenvalue weighted by atomic mass is 15.2. The number of nitriles is 1. The van der Waals surface area contributed by atoms with E-state index in [0.717, 1.165) is 28.1 Å². The molecule has 0 bridgehead atoms. The number of fused-ring (bicyclic) bond motifs is 2. The molecule has 0 aliphatic carbocycles. The Labute approximate surface area is 211 Å². The average molecular weight is 464 g/mol. The number of nitrogens with zero attached hydrogens (tertiary/aromatic N) is 3. The summed E-state index contributed by atoms with van der Waals surface area (Å²) in [6, 6.07) is 42.1. The molecule has 4 aromatic carbocycles. The van der Waals surface area contributed by atoms with E-state index < -0.39 is 0 Å². The highest BCUT2D eigenvalue weighted by Gasteiger charge is 2.36. The molecular formula is C33H25N3. The second-order valence-corrected chi connectivity index (χ2v) is 9.61. The third-order valence-electron chi connectivity index (χ3n) is 7.11. The van der Waals surface area contributed by atoms with E-state index in [0.29, 0.717) is 5.69 Å². The molecular weight excluding hydrogens is 438 g/mol. The first-order valence-corrected chi connectivity index (χ1v) is 12.1. The number of hydrogen-bond acceptors (Lipinski definition) is 3. The molecule has 1 aliphatic heterocycles. The third-order valence-corrected chi connectivity index (χ3v) is 7.11. The van der Waals surface area contributed by atoms with E-state index in [4.69, 9.17) is 0 Å². The number of pyridine rings is 1. The SMILES string of the molecule is CC1(C)c2ccccc2N(c2ccccc2-c2cccc(-c3cccc(C#N)n3)c2)c2ccccc21. The van der Waals surface area contributed by atoms with Crippen molar-refractivity contribution >= 4 is 17.1 Å². The van der Waals surface area contributed by atoms with Gasteiger partial charge < -0.3 is 4.90 Å². The smallest absolute Gasteiger partial charge is 0.141 e. The fourth-order valence-electron chi connectivity index (χ4n) is 5.35. The van der Waals surface area contributed by atoms with E-state index in [9.17, 15) is 5.26 Å². The summed E-state index contributed by atoms with van der Waals surface area (Å²) in [5.41, 5.74) is 10.5. The highest BCUT2D eigenvalue weighted by Crippen LogP contribution is 2.53. The maximum atomic E-state index is 9.30. The Kier molecular flexibility index (Phi) is 5.16. The summed E-state index contributed by atoms with van der Waals surface area (Å²) >= 11 is 0. The molecule has 0 spiro atoms. The van der Waals surface area contributed by atoms with Gasteiger partial charge in [0.05, 0.1) is 22.8 Å². The van der Waals surface area contributed by atoms with Crippen molar-refractivity contribution in [2.45, 2.75) is 19.3 Å². The maximum absolute atomic E-state index is 9.30.